The first kappa shape index (κ1) is 6.80. The van der Waals surface area contributed by atoms with Crippen molar-refractivity contribution >= 4 is 18.3 Å². The van der Waals surface area contributed by atoms with Gasteiger partial charge in [-0.25, -0.2) is 0 Å². The molecule has 1 aromatic carbocycles. The van der Waals surface area contributed by atoms with Gasteiger partial charge >= 0.3 is 0 Å². The topological polar surface area (TPSA) is 26.0 Å². The van der Waals surface area contributed by atoms with Crippen molar-refractivity contribution in [1.29, 1.82) is 0 Å². The molecule has 0 saturated heterocycles. The zero-order valence-electron chi connectivity index (χ0n) is 6.04. The van der Waals surface area contributed by atoms with Gasteiger partial charge in [-0.2, -0.15) is 0 Å². The number of nitrogens with two attached hydrogens (primary N) is 1. The smallest absolute Gasteiger partial charge is 0.0488 e. The molecule has 1 aromatic rings. The molecule has 1 nitrogen and oxygen atoms in total. The van der Waals surface area contributed by atoms with Crippen molar-refractivity contribution in [2.45, 2.75) is 6.42 Å². The first-order chi connectivity index (χ1) is 5.29. The SMILES string of the molecule is NC1=C(S)Cc2ccccc21. The predicted octanol–water partition coefficient (Wildman–Crippen LogP) is 1.80. The highest BCUT2D eigenvalue weighted by Gasteiger charge is 2.15. The Kier molecular flexibility index (Phi) is 1.43. The maximum Gasteiger partial charge on any atom is 0.0488 e. The minimum Gasteiger partial charge on any atom is -0.398 e. The Balaban J connectivity index is 2.60. The number of benzene rings is 1. The summed E-state index contributed by atoms with van der Waals surface area (Å²) in [5.74, 6) is 0. The Labute approximate surface area is 71.3 Å². The van der Waals surface area contributed by atoms with E-state index >= 15 is 0 Å². The quantitative estimate of drug-likeness (QED) is 0.560. The molecular formula is C9H9NS. The van der Waals surface area contributed by atoms with Crippen LogP contribution in [-0.2, 0) is 6.42 Å². The minimum absolute atomic E-state index is 0.837. The average Bonchev–Trinajstić information content (AvgIpc) is 2.30. The van der Waals surface area contributed by atoms with Crippen LogP contribution in [0.1, 0.15) is 11.1 Å². The van der Waals surface area contributed by atoms with Gasteiger partial charge in [-0.1, -0.05) is 24.3 Å². The van der Waals surface area contributed by atoms with Crippen molar-refractivity contribution in [3.8, 4) is 0 Å². The largest absolute Gasteiger partial charge is 0.398 e. The van der Waals surface area contributed by atoms with Crippen molar-refractivity contribution < 1.29 is 0 Å². The molecular weight excluding hydrogens is 154 g/mol. The van der Waals surface area contributed by atoms with E-state index in [2.05, 4.69) is 18.7 Å². The summed E-state index contributed by atoms with van der Waals surface area (Å²) in [6.07, 6.45) is 0.894. The van der Waals surface area contributed by atoms with E-state index in [1.807, 2.05) is 18.2 Å². The highest BCUT2D eigenvalue weighted by atomic mass is 32.1. The highest BCUT2D eigenvalue weighted by molar-refractivity contribution is 7.84. The fraction of sp³-hybridized carbons (Fsp3) is 0.111. The predicted molar refractivity (Wildman–Crippen MR) is 50.2 cm³/mol. The van der Waals surface area contributed by atoms with Crippen molar-refractivity contribution in [3.05, 3.63) is 40.3 Å². The van der Waals surface area contributed by atoms with Crippen LogP contribution in [0.15, 0.2) is 29.2 Å². The second kappa shape index (κ2) is 2.31. The third-order valence-electron chi connectivity index (χ3n) is 1.98. The number of hydrogen-bond acceptors (Lipinski definition) is 2. The maximum absolute atomic E-state index is 5.79. The molecule has 0 radical (unpaired) electrons. The Hall–Kier alpha value is -0.890. The molecule has 0 heterocycles. The van der Waals surface area contributed by atoms with Gasteiger partial charge in [0.25, 0.3) is 0 Å². The van der Waals surface area contributed by atoms with Gasteiger partial charge in [0.1, 0.15) is 0 Å². The van der Waals surface area contributed by atoms with E-state index in [-0.39, 0.29) is 0 Å². The van der Waals surface area contributed by atoms with Crippen LogP contribution in [0.5, 0.6) is 0 Å². The Bertz CT molecular complexity index is 328. The Morgan fingerprint density at radius 1 is 1.27 bits per heavy atom. The van der Waals surface area contributed by atoms with Crippen LogP contribution in [-0.4, -0.2) is 0 Å². The average molecular weight is 163 g/mol. The summed E-state index contributed by atoms with van der Waals surface area (Å²) in [5.41, 5.74) is 9.07. The molecule has 56 valence electrons. The van der Waals surface area contributed by atoms with Crippen LogP contribution in [0.4, 0.5) is 0 Å². The molecule has 0 amide bonds. The van der Waals surface area contributed by atoms with Gasteiger partial charge in [0.05, 0.1) is 0 Å². The van der Waals surface area contributed by atoms with Gasteiger partial charge in [-0.05, 0) is 5.56 Å². The van der Waals surface area contributed by atoms with Crippen LogP contribution >= 0.6 is 12.6 Å². The fourth-order valence-electron chi connectivity index (χ4n) is 1.37. The third-order valence-corrected chi connectivity index (χ3v) is 2.38. The molecule has 2 rings (SSSR count). The lowest BCUT2D eigenvalue weighted by Crippen LogP contribution is -1.93. The summed E-state index contributed by atoms with van der Waals surface area (Å²) in [6, 6.07) is 8.15. The lowest BCUT2D eigenvalue weighted by molar-refractivity contribution is 1.29. The second-order valence-corrected chi connectivity index (χ2v) is 3.23. The lowest BCUT2D eigenvalue weighted by Gasteiger charge is -1.97. The summed E-state index contributed by atoms with van der Waals surface area (Å²) >= 11 is 4.29. The lowest BCUT2D eigenvalue weighted by atomic mass is 10.1. The molecule has 2 N–H and O–H groups in total. The van der Waals surface area contributed by atoms with Crippen molar-refractivity contribution in [3.63, 3.8) is 0 Å². The Morgan fingerprint density at radius 3 is 2.73 bits per heavy atom. The number of allylic oxidation sites excluding steroid dienone is 1. The molecule has 2 heteroatoms. The van der Waals surface area contributed by atoms with Gasteiger partial charge in [0, 0.05) is 22.6 Å². The maximum atomic E-state index is 5.79. The summed E-state index contributed by atoms with van der Waals surface area (Å²) < 4.78 is 0. The fourth-order valence-corrected chi connectivity index (χ4v) is 1.66. The van der Waals surface area contributed by atoms with E-state index in [4.69, 9.17) is 5.73 Å². The van der Waals surface area contributed by atoms with Crippen LogP contribution < -0.4 is 5.73 Å². The van der Waals surface area contributed by atoms with Crippen molar-refractivity contribution in [2.75, 3.05) is 0 Å². The van der Waals surface area contributed by atoms with E-state index in [0.717, 1.165) is 22.6 Å². The highest BCUT2D eigenvalue weighted by Crippen LogP contribution is 2.30. The van der Waals surface area contributed by atoms with Crippen LogP contribution in [0.3, 0.4) is 0 Å². The van der Waals surface area contributed by atoms with Gasteiger partial charge in [0.2, 0.25) is 0 Å². The van der Waals surface area contributed by atoms with E-state index in [1.165, 1.54) is 5.56 Å². The van der Waals surface area contributed by atoms with Gasteiger partial charge in [-0.3, -0.25) is 0 Å². The number of thiol groups is 1. The van der Waals surface area contributed by atoms with Crippen LogP contribution in [0.2, 0.25) is 0 Å². The molecule has 0 atom stereocenters. The summed E-state index contributed by atoms with van der Waals surface area (Å²) in [4.78, 5) is 0.992. The number of hydrogen-bond donors (Lipinski definition) is 2. The summed E-state index contributed by atoms with van der Waals surface area (Å²) in [5, 5.41) is 0. The van der Waals surface area contributed by atoms with E-state index in [0.29, 0.717) is 0 Å². The van der Waals surface area contributed by atoms with E-state index in [9.17, 15) is 0 Å². The third kappa shape index (κ3) is 0.942. The number of rotatable bonds is 0. The summed E-state index contributed by atoms with van der Waals surface area (Å²) in [7, 11) is 0. The van der Waals surface area contributed by atoms with E-state index < -0.39 is 0 Å². The van der Waals surface area contributed by atoms with Gasteiger partial charge < -0.3 is 5.73 Å². The first-order valence-electron chi connectivity index (χ1n) is 3.55. The van der Waals surface area contributed by atoms with Crippen LogP contribution in [0.25, 0.3) is 5.70 Å². The standard InChI is InChI=1S/C9H9NS/c10-9-7-4-2-1-3-6(7)5-8(9)11/h1-4,11H,5,10H2. The first-order valence-corrected chi connectivity index (χ1v) is 3.99. The molecule has 0 unspecified atom stereocenters. The van der Waals surface area contributed by atoms with Crippen molar-refractivity contribution in [2.24, 2.45) is 5.73 Å². The molecule has 0 bridgehead atoms. The zero-order valence-corrected chi connectivity index (χ0v) is 6.94. The van der Waals surface area contributed by atoms with Crippen LogP contribution in [0, 0.1) is 0 Å². The van der Waals surface area contributed by atoms with Gasteiger partial charge in [0.15, 0.2) is 0 Å². The normalized spacial score (nSPS) is 15.4. The zero-order chi connectivity index (χ0) is 7.84. The molecule has 0 aromatic heterocycles. The van der Waals surface area contributed by atoms with Crippen molar-refractivity contribution in [1.82, 2.24) is 0 Å². The van der Waals surface area contributed by atoms with Gasteiger partial charge in [-0.15, -0.1) is 12.6 Å². The monoisotopic (exact) mass is 163 g/mol. The molecule has 0 saturated carbocycles. The molecule has 0 spiro atoms. The number of fused-ring (bicyclic) bond motifs is 1. The Morgan fingerprint density at radius 2 is 2.00 bits per heavy atom. The molecule has 0 aliphatic heterocycles. The second-order valence-electron chi connectivity index (χ2n) is 2.69. The molecule has 1 aliphatic carbocycles. The summed E-state index contributed by atoms with van der Waals surface area (Å²) in [6.45, 7) is 0. The minimum atomic E-state index is 0.837. The molecule has 0 fully saturated rings. The van der Waals surface area contributed by atoms with E-state index in [1.54, 1.807) is 0 Å². The molecule has 1 aliphatic rings. The molecule has 11 heavy (non-hydrogen) atoms.